The first-order valence-corrected chi connectivity index (χ1v) is 3.65. The summed E-state index contributed by atoms with van der Waals surface area (Å²) in [7, 11) is 0. The monoisotopic (exact) mass is 186 g/mol. The van der Waals surface area contributed by atoms with Gasteiger partial charge in [0.25, 0.3) is 0 Å². The minimum atomic E-state index is -0.548. The first-order valence-electron chi connectivity index (χ1n) is 3.65. The Hall–Kier alpha value is -1.46. The van der Waals surface area contributed by atoms with E-state index in [1.807, 2.05) is 0 Å². The lowest BCUT2D eigenvalue weighted by Crippen LogP contribution is -1.94. The highest BCUT2D eigenvalue weighted by atomic mass is 17.1. The van der Waals surface area contributed by atoms with E-state index >= 15 is 0 Å². The van der Waals surface area contributed by atoms with E-state index in [0.717, 1.165) is 0 Å². The fraction of sp³-hybridized carbons (Fsp3) is 0.250. The number of rotatable bonds is 3. The van der Waals surface area contributed by atoms with Crippen molar-refractivity contribution in [3.8, 4) is 17.2 Å². The average molecular weight is 186 g/mol. The first-order chi connectivity index (χ1) is 6.15. The molecule has 0 aliphatic rings. The SMILES string of the molecule is OOCCc1cc(O)c(O)c(O)c1. The van der Waals surface area contributed by atoms with Gasteiger partial charge in [0.05, 0.1) is 6.61 Å². The summed E-state index contributed by atoms with van der Waals surface area (Å²) in [6.45, 7) is 0.0592. The second-order valence-electron chi connectivity index (χ2n) is 2.57. The molecule has 5 nitrogen and oxygen atoms in total. The van der Waals surface area contributed by atoms with Crippen molar-refractivity contribution < 1.29 is 25.5 Å². The lowest BCUT2D eigenvalue weighted by Gasteiger charge is -2.04. The number of phenolic OH excluding ortho intramolecular Hbond substituents is 3. The summed E-state index contributed by atoms with van der Waals surface area (Å²) in [5.74, 6) is -1.34. The van der Waals surface area contributed by atoms with Crippen LogP contribution in [0.4, 0.5) is 0 Å². The second-order valence-corrected chi connectivity index (χ2v) is 2.57. The van der Waals surface area contributed by atoms with Crippen molar-refractivity contribution >= 4 is 0 Å². The summed E-state index contributed by atoms with van der Waals surface area (Å²) in [5, 5.41) is 35.2. The molecule has 0 saturated carbocycles. The molecule has 0 aromatic heterocycles. The van der Waals surface area contributed by atoms with E-state index in [-0.39, 0.29) is 6.61 Å². The van der Waals surface area contributed by atoms with Gasteiger partial charge in [0.2, 0.25) is 0 Å². The molecule has 1 rings (SSSR count). The van der Waals surface area contributed by atoms with E-state index in [1.165, 1.54) is 12.1 Å². The van der Waals surface area contributed by atoms with Crippen LogP contribution in [0.1, 0.15) is 5.56 Å². The molecule has 0 heterocycles. The van der Waals surface area contributed by atoms with E-state index in [1.54, 1.807) is 0 Å². The fourth-order valence-electron chi connectivity index (χ4n) is 0.969. The summed E-state index contributed by atoms with van der Waals surface area (Å²) in [4.78, 5) is 3.83. The van der Waals surface area contributed by atoms with E-state index in [4.69, 9.17) is 20.6 Å². The quantitative estimate of drug-likeness (QED) is 0.319. The molecular formula is C8H10O5. The summed E-state index contributed by atoms with van der Waals surface area (Å²) in [6, 6.07) is 2.57. The largest absolute Gasteiger partial charge is 0.504 e. The van der Waals surface area contributed by atoms with E-state index in [2.05, 4.69) is 4.89 Å². The molecule has 1 aromatic carbocycles. The number of benzene rings is 1. The van der Waals surface area contributed by atoms with E-state index < -0.39 is 17.2 Å². The van der Waals surface area contributed by atoms with Crippen molar-refractivity contribution in [1.29, 1.82) is 0 Å². The van der Waals surface area contributed by atoms with Gasteiger partial charge in [-0.2, -0.15) is 0 Å². The number of hydrogen-bond donors (Lipinski definition) is 4. The van der Waals surface area contributed by atoms with Gasteiger partial charge >= 0.3 is 0 Å². The fourth-order valence-corrected chi connectivity index (χ4v) is 0.969. The average Bonchev–Trinajstić information content (AvgIpc) is 2.10. The smallest absolute Gasteiger partial charge is 0.200 e. The van der Waals surface area contributed by atoms with Gasteiger partial charge in [0.15, 0.2) is 17.2 Å². The predicted molar refractivity (Wildman–Crippen MR) is 43.7 cm³/mol. The van der Waals surface area contributed by atoms with Crippen molar-refractivity contribution in [2.24, 2.45) is 0 Å². The van der Waals surface area contributed by atoms with Crippen molar-refractivity contribution in [2.75, 3.05) is 6.61 Å². The topological polar surface area (TPSA) is 90.2 Å². The van der Waals surface area contributed by atoms with Crippen LogP contribution in [-0.2, 0) is 11.3 Å². The number of aromatic hydroxyl groups is 3. The van der Waals surface area contributed by atoms with Crippen molar-refractivity contribution in [2.45, 2.75) is 6.42 Å². The molecule has 0 saturated heterocycles. The second kappa shape index (κ2) is 3.97. The maximum Gasteiger partial charge on any atom is 0.200 e. The Morgan fingerprint density at radius 2 is 1.62 bits per heavy atom. The van der Waals surface area contributed by atoms with Crippen LogP contribution in [-0.4, -0.2) is 27.2 Å². The molecule has 5 heteroatoms. The molecule has 0 aliphatic carbocycles. The zero-order valence-corrected chi connectivity index (χ0v) is 6.77. The van der Waals surface area contributed by atoms with Gasteiger partial charge in [-0.05, 0) is 24.1 Å². The van der Waals surface area contributed by atoms with Crippen LogP contribution in [0.25, 0.3) is 0 Å². The van der Waals surface area contributed by atoms with Crippen LogP contribution < -0.4 is 0 Å². The third-order valence-electron chi connectivity index (χ3n) is 1.61. The molecule has 1 aromatic rings. The van der Waals surface area contributed by atoms with Gasteiger partial charge in [-0.25, -0.2) is 4.89 Å². The van der Waals surface area contributed by atoms with E-state index in [0.29, 0.717) is 12.0 Å². The molecule has 0 bridgehead atoms. The molecule has 4 N–H and O–H groups in total. The van der Waals surface area contributed by atoms with Crippen LogP contribution >= 0.6 is 0 Å². The lowest BCUT2D eigenvalue weighted by molar-refractivity contribution is -0.241. The summed E-state index contributed by atoms with van der Waals surface area (Å²) < 4.78 is 0. The molecular weight excluding hydrogens is 176 g/mol. The molecule has 72 valence electrons. The normalized spacial score (nSPS) is 10.2. The molecule has 0 amide bonds. The van der Waals surface area contributed by atoms with Gasteiger partial charge in [0, 0.05) is 0 Å². The number of hydrogen-bond acceptors (Lipinski definition) is 5. The molecule has 0 spiro atoms. The Morgan fingerprint density at radius 3 is 2.08 bits per heavy atom. The van der Waals surface area contributed by atoms with Gasteiger partial charge in [-0.3, -0.25) is 5.26 Å². The highest BCUT2D eigenvalue weighted by Crippen LogP contribution is 2.35. The van der Waals surface area contributed by atoms with Crippen LogP contribution in [0.15, 0.2) is 12.1 Å². The van der Waals surface area contributed by atoms with Gasteiger partial charge in [-0.15, -0.1) is 0 Å². The summed E-state index contributed by atoms with van der Waals surface area (Å²) >= 11 is 0. The molecule has 0 fully saturated rings. The minimum Gasteiger partial charge on any atom is -0.504 e. The van der Waals surface area contributed by atoms with Crippen molar-refractivity contribution in [3.05, 3.63) is 17.7 Å². The Morgan fingerprint density at radius 1 is 1.08 bits per heavy atom. The van der Waals surface area contributed by atoms with Gasteiger partial charge in [0.1, 0.15) is 0 Å². The Bertz CT molecular complexity index is 274. The van der Waals surface area contributed by atoms with Crippen molar-refractivity contribution in [1.82, 2.24) is 0 Å². The zero-order valence-electron chi connectivity index (χ0n) is 6.77. The Kier molecular flexibility index (Phi) is 2.94. The third kappa shape index (κ3) is 2.24. The van der Waals surface area contributed by atoms with Crippen molar-refractivity contribution in [3.63, 3.8) is 0 Å². The molecule has 0 atom stereocenters. The lowest BCUT2D eigenvalue weighted by atomic mass is 10.1. The van der Waals surface area contributed by atoms with E-state index in [9.17, 15) is 0 Å². The van der Waals surface area contributed by atoms with Crippen LogP contribution in [0, 0.1) is 0 Å². The highest BCUT2D eigenvalue weighted by molar-refractivity contribution is 5.51. The molecule has 0 unspecified atom stereocenters. The Balaban J connectivity index is 2.86. The molecule has 0 radical (unpaired) electrons. The van der Waals surface area contributed by atoms with Crippen LogP contribution in [0.5, 0.6) is 17.2 Å². The standard InChI is InChI=1S/C8H10O5/c9-6-3-5(1-2-13-12)4-7(10)8(6)11/h3-4,9-12H,1-2H2. The molecule has 13 heavy (non-hydrogen) atoms. The maximum absolute atomic E-state index is 9.07. The van der Waals surface area contributed by atoms with Gasteiger partial charge in [-0.1, -0.05) is 0 Å². The highest BCUT2D eigenvalue weighted by Gasteiger charge is 2.07. The zero-order chi connectivity index (χ0) is 9.84. The molecule has 0 aliphatic heterocycles. The summed E-state index contributed by atoms with van der Waals surface area (Å²) in [6.07, 6.45) is 0.331. The predicted octanol–water partition coefficient (Wildman–Crippen LogP) is 0.835. The van der Waals surface area contributed by atoms with Gasteiger partial charge < -0.3 is 15.3 Å². The Labute approximate surface area is 74.4 Å². The summed E-state index contributed by atoms with van der Waals surface area (Å²) in [5.41, 5.74) is 0.557. The number of phenols is 3. The minimum absolute atomic E-state index is 0.0592. The first kappa shape index (κ1) is 9.63. The maximum atomic E-state index is 9.07. The third-order valence-corrected chi connectivity index (χ3v) is 1.61. The van der Waals surface area contributed by atoms with Crippen LogP contribution in [0.3, 0.4) is 0 Å². The van der Waals surface area contributed by atoms with Crippen LogP contribution in [0.2, 0.25) is 0 Å².